The molecule has 134 valence electrons. The Morgan fingerprint density at radius 3 is 2.92 bits per heavy atom. The molecule has 0 saturated carbocycles. The molecule has 7 heteroatoms. The largest absolute Gasteiger partial charge is 0.379 e. The summed E-state index contributed by atoms with van der Waals surface area (Å²) in [6.45, 7) is 3.84. The van der Waals surface area contributed by atoms with Gasteiger partial charge in [-0.1, -0.05) is 12.1 Å². The van der Waals surface area contributed by atoms with E-state index in [4.69, 9.17) is 4.74 Å². The van der Waals surface area contributed by atoms with Crippen LogP contribution in [0.2, 0.25) is 0 Å². The fourth-order valence-electron chi connectivity index (χ4n) is 3.03. The van der Waals surface area contributed by atoms with Gasteiger partial charge in [-0.3, -0.25) is 9.69 Å². The first-order chi connectivity index (χ1) is 12.2. The van der Waals surface area contributed by atoms with E-state index in [9.17, 15) is 9.18 Å². The zero-order valence-corrected chi connectivity index (χ0v) is 14.1. The summed E-state index contributed by atoms with van der Waals surface area (Å²) < 4.78 is 21.0. The summed E-state index contributed by atoms with van der Waals surface area (Å²) in [7, 11) is 0. The van der Waals surface area contributed by atoms with E-state index >= 15 is 0 Å². The van der Waals surface area contributed by atoms with Gasteiger partial charge in [0.1, 0.15) is 11.9 Å². The predicted octanol–water partition coefficient (Wildman–Crippen LogP) is 1.60. The Labute approximate surface area is 146 Å². The SMILES string of the molecule is O=C(NCCCn1ccnc1)[C@H](c1cccc(F)c1)N1CCOCC1. The van der Waals surface area contributed by atoms with E-state index in [-0.39, 0.29) is 11.7 Å². The minimum Gasteiger partial charge on any atom is -0.379 e. The smallest absolute Gasteiger partial charge is 0.241 e. The molecule has 1 aromatic carbocycles. The molecular weight excluding hydrogens is 323 g/mol. The maximum absolute atomic E-state index is 13.6. The molecule has 0 unspecified atom stereocenters. The molecule has 25 heavy (non-hydrogen) atoms. The van der Waals surface area contributed by atoms with Crippen LogP contribution in [-0.2, 0) is 16.1 Å². The number of ether oxygens (including phenoxy) is 1. The number of hydrogen-bond acceptors (Lipinski definition) is 4. The van der Waals surface area contributed by atoms with Crippen LogP contribution in [0, 0.1) is 5.82 Å². The highest BCUT2D eigenvalue weighted by molar-refractivity contribution is 5.83. The van der Waals surface area contributed by atoms with Crippen molar-refractivity contribution in [2.24, 2.45) is 0 Å². The van der Waals surface area contributed by atoms with E-state index < -0.39 is 6.04 Å². The van der Waals surface area contributed by atoms with Crippen molar-refractivity contribution < 1.29 is 13.9 Å². The third-order valence-electron chi connectivity index (χ3n) is 4.28. The van der Waals surface area contributed by atoms with Crippen molar-refractivity contribution in [3.8, 4) is 0 Å². The first-order valence-electron chi connectivity index (χ1n) is 8.55. The summed E-state index contributed by atoms with van der Waals surface area (Å²) in [6.07, 6.45) is 6.19. The molecule has 6 nitrogen and oxygen atoms in total. The lowest BCUT2D eigenvalue weighted by Gasteiger charge is -2.33. The van der Waals surface area contributed by atoms with Crippen LogP contribution >= 0.6 is 0 Å². The number of nitrogens with zero attached hydrogens (tertiary/aromatic N) is 3. The molecule has 2 aromatic rings. The molecule has 2 heterocycles. The Morgan fingerprint density at radius 2 is 2.20 bits per heavy atom. The number of halogens is 1. The lowest BCUT2D eigenvalue weighted by molar-refractivity contribution is -0.128. The number of hydrogen-bond donors (Lipinski definition) is 1. The molecule has 0 spiro atoms. The van der Waals surface area contributed by atoms with E-state index in [0.717, 1.165) is 13.0 Å². The molecule has 3 rings (SSSR count). The number of imidazole rings is 1. The van der Waals surface area contributed by atoms with Crippen molar-refractivity contribution in [1.82, 2.24) is 19.8 Å². The van der Waals surface area contributed by atoms with Crippen molar-refractivity contribution in [3.63, 3.8) is 0 Å². The molecule has 1 amide bonds. The minimum atomic E-state index is -0.493. The van der Waals surface area contributed by atoms with Crippen molar-refractivity contribution in [2.75, 3.05) is 32.8 Å². The van der Waals surface area contributed by atoms with Crippen molar-refractivity contribution in [1.29, 1.82) is 0 Å². The molecule has 0 radical (unpaired) electrons. The van der Waals surface area contributed by atoms with Crippen LogP contribution in [0.3, 0.4) is 0 Å². The number of carbonyl (C=O) groups excluding carboxylic acids is 1. The van der Waals surface area contributed by atoms with Crippen LogP contribution in [0.15, 0.2) is 43.0 Å². The molecular formula is C18H23FN4O2. The van der Waals surface area contributed by atoms with Crippen molar-refractivity contribution in [3.05, 3.63) is 54.4 Å². The Balaban J connectivity index is 1.62. The Hall–Kier alpha value is -2.25. The quantitative estimate of drug-likeness (QED) is 0.774. The van der Waals surface area contributed by atoms with Gasteiger partial charge in [-0.25, -0.2) is 9.37 Å². The van der Waals surface area contributed by atoms with Gasteiger partial charge in [0.2, 0.25) is 5.91 Å². The van der Waals surface area contributed by atoms with Crippen LogP contribution in [0.25, 0.3) is 0 Å². The molecule has 0 bridgehead atoms. The van der Waals surface area contributed by atoms with E-state index in [2.05, 4.69) is 10.3 Å². The van der Waals surface area contributed by atoms with Gasteiger partial charge in [0.25, 0.3) is 0 Å². The van der Waals surface area contributed by atoms with Crippen LogP contribution in [0.5, 0.6) is 0 Å². The molecule has 1 fully saturated rings. The number of carbonyl (C=O) groups is 1. The van der Waals surface area contributed by atoms with E-state index in [1.807, 2.05) is 15.7 Å². The molecule has 1 aliphatic rings. The number of benzene rings is 1. The highest BCUT2D eigenvalue weighted by Crippen LogP contribution is 2.23. The van der Waals surface area contributed by atoms with Gasteiger partial charge < -0.3 is 14.6 Å². The minimum absolute atomic E-state index is 0.0990. The van der Waals surface area contributed by atoms with Gasteiger partial charge in [-0.2, -0.15) is 0 Å². The number of nitrogens with one attached hydrogen (secondary N) is 1. The molecule has 1 saturated heterocycles. The average molecular weight is 346 g/mol. The number of morpholine rings is 1. The summed E-state index contributed by atoms with van der Waals surface area (Å²) in [5.41, 5.74) is 0.675. The standard InChI is InChI=1S/C18H23FN4O2/c19-16-4-1-3-15(13-16)17(23-9-11-25-12-10-23)18(24)21-5-2-7-22-8-6-20-14-22/h1,3-4,6,8,13-14,17H,2,5,7,9-12H2,(H,21,24)/t17-/m0/s1. The highest BCUT2D eigenvalue weighted by atomic mass is 19.1. The Kier molecular flexibility index (Phi) is 6.14. The first-order valence-corrected chi connectivity index (χ1v) is 8.55. The fourth-order valence-corrected chi connectivity index (χ4v) is 3.03. The Bertz CT molecular complexity index is 671. The predicted molar refractivity (Wildman–Crippen MR) is 91.4 cm³/mol. The van der Waals surface area contributed by atoms with Crippen LogP contribution in [0.1, 0.15) is 18.0 Å². The lowest BCUT2D eigenvalue weighted by atomic mass is 10.0. The third kappa shape index (κ3) is 4.87. The van der Waals surface area contributed by atoms with Gasteiger partial charge in [0, 0.05) is 38.6 Å². The second-order valence-electron chi connectivity index (χ2n) is 6.05. The molecule has 1 aliphatic heterocycles. The van der Waals surface area contributed by atoms with Crippen molar-refractivity contribution in [2.45, 2.75) is 19.0 Å². The zero-order valence-electron chi connectivity index (χ0n) is 14.1. The van der Waals surface area contributed by atoms with E-state index in [1.54, 1.807) is 24.7 Å². The van der Waals surface area contributed by atoms with Gasteiger partial charge >= 0.3 is 0 Å². The van der Waals surface area contributed by atoms with E-state index in [1.165, 1.54) is 12.1 Å². The van der Waals surface area contributed by atoms with E-state index in [0.29, 0.717) is 38.4 Å². The number of aryl methyl sites for hydroxylation is 1. The normalized spacial score (nSPS) is 16.5. The van der Waals surface area contributed by atoms with Gasteiger partial charge in [-0.15, -0.1) is 0 Å². The van der Waals surface area contributed by atoms with Gasteiger partial charge in [-0.05, 0) is 24.1 Å². The monoisotopic (exact) mass is 346 g/mol. The van der Waals surface area contributed by atoms with Gasteiger partial charge in [0.15, 0.2) is 0 Å². The molecule has 1 atom stereocenters. The number of aromatic nitrogens is 2. The zero-order chi connectivity index (χ0) is 17.5. The molecule has 0 aliphatic carbocycles. The topological polar surface area (TPSA) is 59.4 Å². The van der Waals surface area contributed by atoms with Crippen LogP contribution in [0.4, 0.5) is 4.39 Å². The maximum Gasteiger partial charge on any atom is 0.241 e. The van der Waals surface area contributed by atoms with Crippen LogP contribution in [-0.4, -0.2) is 53.2 Å². The summed E-state index contributed by atoms with van der Waals surface area (Å²) in [5.74, 6) is -0.429. The third-order valence-corrected chi connectivity index (χ3v) is 4.28. The lowest BCUT2D eigenvalue weighted by Crippen LogP contribution is -2.46. The summed E-state index contributed by atoms with van der Waals surface area (Å²) in [4.78, 5) is 18.8. The summed E-state index contributed by atoms with van der Waals surface area (Å²) in [6, 6.07) is 5.78. The fraction of sp³-hybridized carbons (Fsp3) is 0.444. The second-order valence-corrected chi connectivity index (χ2v) is 6.05. The first kappa shape index (κ1) is 17.6. The Morgan fingerprint density at radius 1 is 1.36 bits per heavy atom. The molecule has 1 aromatic heterocycles. The second kappa shape index (κ2) is 8.73. The average Bonchev–Trinajstić information content (AvgIpc) is 3.13. The van der Waals surface area contributed by atoms with Gasteiger partial charge in [0.05, 0.1) is 19.5 Å². The van der Waals surface area contributed by atoms with Crippen LogP contribution < -0.4 is 5.32 Å². The maximum atomic E-state index is 13.6. The number of amides is 1. The number of rotatable bonds is 7. The highest BCUT2D eigenvalue weighted by Gasteiger charge is 2.29. The van der Waals surface area contributed by atoms with Crippen molar-refractivity contribution >= 4 is 5.91 Å². The molecule has 1 N–H and O–H groups in total. The summed E-state index contributed by atoms with van der Waals surface area (Å²) in [5, 5.41) is 2.98. The summed E-state index contributed by atoms with van der Waals surface area (Å²) >= 11 is 0.